The lowest BCUT2D eigenvalue weighted by molar-refractivity contribution is -0.139. The number of nitrogens with zero attached hydrogens (tertiary/aromatic N) is 2. The third-order valence-electron chi connectivity index (χ3n) is 4.84. The fraction of sp³-hybridized carbons (Fsp3) is 0.524. The Bertz CT molecular complexity index is 742. The molecule has 27 heavy (non-hydrogen) atoms. The molecule has 2 rings (SSSR count). The summed E-state index contributed by atoms with van der Waals surface area (Å²) < 4.78 is 5.37. The van der Waals surface area contributed by atoms with Crippen molar-refractivity contribution in [1.29, 1.82) is 0 Å². The summed E-state index contributed by atoms with van der Waals surface area (Å²) in [7, 11) is 3.69. The molecule has 1 heterocycles. The highest BCUT2D eigenvalue weighted by Gasteiger charge is 2.37. The zero-order chi connectivity index (χ0) is 20.1. The molecule has 0 saturated heterocycles. The van der Waals surface area contributed by atoms with E-state index in [4.69, 9.17) is 4.74 Å². The van der Waals surface area contributed by atoms with E-state index >= 15 is 0 Å². The molecule has 6 nitrogen and oxygen atoms in total. The van der Waals surface area contributed by atoms with Crippen molar-refractivity contribution < 1.29 is 14.3 Å². The van der Waals surface area contributed by atoms with E-state index in [0.717, 1.165) is 29.7 Å². The van der Waals surface area contributed by atoms with Crippen LogP contribution in [0.15, 0.2) is 29.5 Å². The summed E-state index contributed by atoms with van der Waals surface area (Å²) in [6, 6.07) is 5.34. The highest BCUT2D eigenvalue weighted by Crippen LogP contribution is 2.33. The number of aryl methyl sites for hydroxylation is 2. The first-order chi connectivity index (χ1) is 12.8. The van der Waals surface area contributed by atoms with Crippen LogP contribution in [0.3, 0.4) is 0 Å². The highest BCUT2D eigenvalue weighted by molar-refractivity contribution is 5.95. The van der Waals surface area contributed by atoms with E-state index in [2.05, 4.69) is 17.1 Å². The molecule has 0 spiro atoms. The lowest BCUT2D eigenvalue weighted by Gasteiger charge is -2.36. The van der Waals surface area contributed by atoms with Crippen molar-refractivity contribution in [3.05, 3.63) is 46.2 Å². The molecule has 0 saturated carbocycles. The van der Waals surface area contributed by atoms with Gasteiger partial charge in [-0.3, -0.25) is 4.90 Å². The second kappa shape index (κ2) is 9.04. The van der Waals surface area contributed by atoms with E-state index in [1.165, 1.54) is 4.90 Å². The summed E-state index contributed by atoms with van der Waals surface area (Å²) in [6.45, 7) is 9.56. The van der Waals surface area contributed by atoms with Gasteiger partial charge in [0, 0.05) is 19.3 Å². The van der Waals surface area contributed by atoms with Gasteiger partial charge in [-0.05, 0) is 51.9 Å². The third kappa shape index (κ3) is 4.69. The number of likely N-dealkylation sites (N-methyl/N-ethyl adjacent to an activating group) is 2. The van der Waals surface area contributed by atoms with E-state index in [1.54, 1.807) is 14.0 Å². The number of hydrogen-bond donors (Lipinski definition) is 1. The topological polar surface area (TPSA) is 61.9 Å². The smallest absolute Gasteiger partial charge is 0.338 e. The molecule has 0 fully saturated rings. The first-order valence-electron chi connectivity index (χ1n) is 9.50. The Kier molecular flexibility index (Phi) is 7.02. The maximum atomic E-state index is 12.9. The summed E-state index contributed by atoms with van der Waals surface area (Å²) in [5.74, 6) is -0.379. The maximum Gasteiger partial charge on any atom is 0.338 e. The average molecular weight is 373 g/mol. The van der Waals surface area contributed by atoms with Crippen LogP contribution in [0, 0.1) is 13.8 Å². The van der Waals surface area contributed by atoms with Gasteiger partial charge in [-0.15, -0.1) is 0 Å². The molecule has 1 aliphatic heterocycles. The normalized spacial score (nSPS) is 17.4. The van der Waals surface area contributed by atoms with Crippen LogP contribution in [0.4, 0.5) is 4.79 Å². The summed E-state index contributed by atoms with van der Waals surface area (Å²) in [4.78, 5) is 29.2. The zero-order valence-corrected chi connectivity index (χ0v) is 17.3. The minimum Gasteiger partial charge on any atom is -0.463 e. The number of carbonyl (C=O) groups excluding carboxylic acids is 2. The number of hydrogen-bond acceptors (Lipinski definition) is 4. The van der Waals surface area contributed by atoms with Gasteiger partial charge in [0.2, 0.25) is 0 Å². The minimum atomic E-state index is -0.516. The Morgan fingerprint density at radius 3 is 2.63 bits per heavy atom. The van der Waals surface area contributed by atoms with Gasteiger partial charge < -0.3 is 15.0 Å². The molecule has 0 bridgehead atoms. The van der Waals surface area contributed by atoms with Gasteiger partial charge in [-0.2, -0.15) is 0 Å². The number of urea groups is 1. The predicted octanol–water partition coefficient (Wildman–Crippen LogP) is 3.16. The Balaban J connectivity index is 2.62. The van der Waals surface area contributed by atoms with Crippen molar-refractivity contribution in [3.8, 4) is 0 Å². The molecule has 0 radical (unpaired) electrons. The highest BCUT2D eigenvalue weighted by atomic mass is 16.5. The van der Waals surface area contributed by atoms with Crippen LogP contribution in [0.1, 0.15) is 43.0 Å². The summed E-state index contributed by atoms with van der Waals surface area (Å²) in [5, 5.41) is 2.98. The van der Waals surface area contributed by atoms with Crippen molar-refractivity contribution in [2.45, 2.75) is 40.2 Å². The molecule has 1 unspecified atom stereocenters. The largest absolute Gasteiger partial charge is 0.463 e. The molecule has 6 heteroatoms. The van der Waals surface area contributed by atoms with Gasteiger partial charge in [0.25, 0.3) is 0 Å². The van der Waals surface area contributed by atoms with Crippen molar-refractivity contribution in [2.75, 3.05) is 33.8 Å². The maximum absolute atomic E-state index is 12.9. The average Bonchev–Trinajstić information content (AvgIpc) is 2.61. The summed E-state index contributed by atoms with van der Waals surface area (Å²) in [6.07, 6.45) is 0.995. The molecule has 1 aromatic rings. The van der Waals surface area contributed by atoms with Gasteiger partial charge in [0.15, 0.2) is 0 Å². The zero-order valence-electron chi connectivity index (χ0n) is 17.3. The van der Waals surface area contributed by atoms with Crippen molar-refractivity contribution >= 4 is 12.0 Å². The van der Waals surface area contributed by atoms with E-state index in [0.29, 0.717) is 17.8 Å². The van der Waals surface area contributed by atoms with Crippen LogP contribution >= 0.6 is 0 Å². The van der Waals surface area contributed by atoms with E-state index in [1.807, 2.05) is 39.1 Å². The van der Waals surface area contributed by atoms with Crippen molar-refractivity contribution in [3.63, 3.8) is 0 Å². The Morgan fingerprint density at radius 2 is 2.00 bits per heavy atom. The molecule has 0 aromatic heterocycles. The SMILES string of the molecule is CCCN(C)CC1=C(C(=O)OCC)C(c2cc(C)ccc2C)NC(=O)N1C. The molecule has 1 N–H and O–H groups in total. The molecular formula is C21H31N3O3. The number of carbonyl (C=O) groups is 2. The van der Waals surface area contributed by atoms with Gasteiger partial charge in [0.05, 0.1) is 18.2 Å². The minimum absolute atomic E-state index is 0.214. The number of ether oxygens (including phenoxy) is 1. The van der Waals surface area contributed by atoms with E-state index < -0.39 is 6.04 Å². The van der Waals surface area contributed by atoms with Crippen LogP contribution in [0.5, 0.6) is 0 Å². The van der Waals surface area contributed by atoms with Gasteiger partial charge in [0.1, 0.15) is 0 Å². The van der Waals surface area contributed by atoms with Crippen LogP contribution in [-0.4, -0.2) is 55.6 Å². The fourth-order valence-electron chi connectivity index (χ4n) is 3.42. The quantitative estimate of drug-likeness (QED) is 0.746. The Morgan fingerprint density at radius 1 is 1.30 bits per heavy atom. The molecular weight excluding hydrogens is 342 g/mol. The number of nitrogens with one attached hydrogen (secondary N) is 1. The molecule has 1 atom stereocenters. The number of esters is 1. The third-order valence-corrected chi connectivity index (χ3v) is 4.84. The molecule has 2 amide bonds. The van der Waals surface area contributed by atoms with Gasteiger partial charge in [-0.25, -0.2) is 9.59 Å². The summed E-state index contributed by atoms with van der Waals surface area (Å²) in [5.41, 5.74) is 4.24. The van der Waals surface area contributed by atoms with Gasteiger partial charge in [-0.1, -0.05) is 30.7 Å². The Labute approximate surface area is 162 Å². The molecule has 0 aliphatic carbocycles. The van der Waals surface area contributed by atoms with Crippen molar-refractivity contribution in [1.82, 2.24) is 15.1 Å². The van der Waals surface area contributed by atoms with Crippen LogP contribution in [0.2, 0.25) is 0 Å². The van der Waals surface area contributed by atoms with E-state index in [9.17, 15) is 9.59 Å². The number of rotatable bonds is 7. The first-order valence-corrected chi connectivity index (χ1v) is 9.50. The monoisotopic (exact) mass is 373 g/mol. The van der Waals surface area contributed by atoms with Crippen LogP contribution in [0.25, 0.3) is 0 Å². The number of benzene rings is 1. The van der Waals surface area contributed by atoms with E-state index in [-0.39, 0.29) is 18.6 Å². The molecule has 148 valence electrons. The lowest BCUT2D eigenvalue weighted by atomic mass is 9.90. The second-order valence-electron chi connectivity index (χ2n) is 7.12. The predicted molar refractivity (Wildman–Crippen MR) is 106 cm³/mol. The van der Waals surface area contributed by atoms with Crippen LogP contribution in [-0.2, 0) is 9.53 Å². The molecule has 1 aliphatic rings. The van der Waals surface area contributed by atoms with Crippen LogP contribution < -0.4 is 5.32 Å². The number of amides is 2. The first kappa shape index (κ1) is 21.0. The standard InChI is InChI=1S/C21H31N3O3/c1-7-11-23(5)13-17-18(20(25)27-8-2)19(22-21(26)24(17)6)16-12-14(3)9-10-15(16)4/h9-10,12,19H,7-8,11,13H2,1-6H3,(H,22,26). The second-order valence-corrected chi connectivity index (χ2v) is 7.12. The van der Waals surface area contributed by atoms with Crippen molar-refractivity contribution in [2.24, 2.45) is 0 Å². The lowest BCUT2D eigenvalue weighted by Crippen LogP contribution is -2.49. The summed E-state index contributed by atoms with van der Waals surface area (Å²) >= 11 is 0. The molecule has 1 aromatic carbocycles. The van der Waals surface area contributed by atoms with Gasteiger partial charge >= 0.3 is 12.0 Å². The fourth-order valence-corrected chi connectivity index (χ4v) is 3.42. The Hall–Kier alpha value is -2.34.